The molecule has 1 N–H and O–H groups in total. The van der Waals surface area contributed by atoms with Crippen molar-refractivity contribution in [3.05, 3.63) is 0 Å². The minimum absolute atomic E-state index is 0.740. The van der Waals surface area contributed by atoms with Crippen LogP contribution in [0.15, 0.2) is 0 Å². The first-order valence-corrected chi connectivity index (χ1v) is 3.13. The normalized spacial score (nSPS) is 11.7. The van der Waals surface area contributed by atoms with Crippen LogP contribution in [0.2, 0.25) is 0 Å². The molecule has 5 heteroatoms. The van der Waals surface area contributed by atoms with Crippen LogP contribution >= 0.6 is 22.9 Å². The summed E-state index contributed by atoms with van der Waals surface area (Å²) in [4.78, 5) is 10.1. The molecule has 0 radical (unpaired) electrons. The fraction of sp³-hybridized carbons (Fsp3) is 0.500. The van der Waals surface area contributed by atoms with Crippen LogP contribution in [0.4, 0.5) is 0 Å². The number of halogens is 1. The molecule has 0 saturated carbocycles. The average Bonchev–Trinajstić information content (AvgIpc) is 1.84. The van der Waals surface area contributed by atoms with E-state index in [1.165, 1.54) is 6.92 Å². The summed E-state index contributed by atoms with van der Waals surface area (Å²) < 4.78 is 1.04. The average molecular weight is 240 g/mol. The summed E-state index contributed by atoms with van der Waals surface area (Å²) >= 11 is 1.64. The zero-order chi connectivity index (χ0) is 7.44. The number of rotatable bonds is 2. The second kappa shape index (κ2) is 3.50. The Bertz CT molecular complexity index is 153. The lowest BCUT2D eigenvalue weighted by Gasteiger charge is -2.09. The van der Waals surface area contributed by atoms with Crippen LogP contribution in [0.5, 0.6) is 0 Å². The van der Waals surface area contributed by atoms with E-state index in [0.29, 0.717) is 0 Å². The Labute approximate surface area is 66.6 Å². The summed E-state index contributed by atoms with van der Waals surface area (Å²) in [5.41, 5.74) is 0. The first-order valence-electron chi connectivity index (χ1n) is 2.17. The standard InChI is InChI=1S/C4H5IN2O2/c1-3(4(8)9)7(5)2-6/h3H,1H3,(H,8,9). The Morgan fingerprint density at radius 1 is 2.00 bits per heavy atom. The number of carbonyl (C=O) groups is 1. The zero-order valence-corrected chi connectivity index (χ0v) is 6.86. The first-order chi connectivity index (χ1) is 4.09. The van der Waals surface area contributed by atoms with Crippen molar-refractivity contribution in [1.29, 1.82) is 5.26 Å². The largest absolute Gasteiger partial charge is 0.480 e. The van der Waals surface area contributed by atoms with Crippen molar-refractivity contribution in [2.75, 3.05) is 0 Å². The Morgan fingerprint density at radius 3 is 2.56 bits per heavy atom. The lowest BCUT2D eigenvalue weighted by Crippen LogP contribution is -2.27. The predicted molar refractivity (Wildman–Crippen MR) is 38.6 cm³/mol. The van der Waals surface area contributed by atoms with Gasteiger partial charge in [0.05, 0.1) is 22.9 Å². The highest BCUT2D eigenvalue weighted by Crippen LogP contribution is 2.03. The molecule has 0 aromatic carbocycles. The van der Waals surface area contributed by atoms with E-state index >= 15 is 0 Å². The monoisotopic (exact) mass is 240 g/mol. The predicted octanol–water partition coefficient (Wildman–Crippen LogP) is 0.593. The minimum Gasteiger partial charge on any atom is -0.480 e. The van der Waals surface area contributed by atoms with E-state index in [1.807, 2.05) is 0 Å². The summed E-state index contributed by atoms with van der Waals surface area (Å²) in [7, 11) is 0. The number of hydrogen-bond donors (Lipinski definition) is 1. The molecule has 0 bridgehead atoms. The van der Waals surface area contributed by atoms with Crippen LogP contribution in [-0.4, -0.2) is 20.2 Å². The number of hydrogen-bond acceptors (Lipinski definition) is 3. The van der Waals surface area contributed by atoms with Crippen molar-refractivity contribution in [2.45, 2.75) is 13.0 Å². The Kier molecular flexibility index (Phi) is 3.30. The second-order valence-corrected chi connectivity index (χ2v) is 2.46. The molecule has 1 atom stereocenters. The van der Waals surface area contributed by atoms with Gasteiger partial charge in [0.25, 0.3) is 0 Å². The Hall–Kier alpha value is -0.510. The molecule has 0 spiro atoms. The summed E-state index contributed by atoms with van der Waals surface area (Å²) in [5, 5.41) is 16.4. The van der Waals surface area contributed by atoms with Crippen LogP contribution in [0.3, 0.4) is 0 Å². The molecule has 4 nitrogen and oxygen atoms in total. The number of nitriles is 1. The molecule has 0 aliphatic heterocycles. The van der Waals surface area contributed by atoms with E-state index < -0.39 is 12.0 Å². The van der Waals surface area contributed by atoms with Gasteiger partial charge in [0, 0.05) is 0 Å². The lowest BCUT2D eigenvalue weighted by atomic mass is 10.4. The molecule has 0 heterocycles. The van der Waals surface area contributed by atoms with Gasteiger partial charge in [-0.15, -0.1) is 0 Å². The molecule has 0 aromatic heterocycles. The van der Waals surface area contributed by atoms with Crippen molar-refractivity contribution < 1.29 is 9.90 Å². The van der Waals surface area contributed by atoms with Gasteiger partial charge in [0.2, 0.25) is 0 Å². The molecular formula is C4H5IN2O2. The number of nitrogens with zero attached hydrogens (tertiary/aromatic N) is 2. The third-order valence-corrected chi connectivity index (χ3v) is 1.84. The van der Waals surface area contributed by atoms with Crippen LogP contribution in [-0.2, 0) is 4.79 Å². The van der Waals surface area contributed by atoms with E-state index in [0.717, 1.165) is 3.11 Å². The third-order valence-electron chi connectivity index (χ3n) is 0.793. The minimum atomic E-state index is -0.994. The van der Waals surface area contributed by atoms with E-state index in [4.69, 9.17) is 10.4 Å². The third kappa shape index (κ3) is 2.51. The van der Waals surface area contributed by atoms with Gasteiger partial charge in [-0.3, -0.25) is 0 Å². The van der Waals surface area contributed by atoms with Gasteiger partial charge in [-0.2, -0.15) is 5.26 Å². The highest BCUT2D eigenvalue weighted by Gasteiger charge is 2.15. The van der Waals surface area contributed by atoms with Crippen molar-refractivity contribution in [2.24, 2.45) is 0 Å². The fourth-order valence-electron chi connectivity index (χ4n) is 0.184. The molecule has 0 amide bonds. The Morgan fingerprint density at radius 2 is 2.44 bits per heavy atom. The zero-order valence-electron chi connectivity index (χ0n) is 4.71. The van der Waals surface area contributed by atoms with E-state index in [-0.39, 0.29) is 0 Å². The highest BCUT2D eigenvalue weighted by atomic mass is 127. The smallest absolute Gasteiger partial charge is 0.327 e. The fourth-order valence-corrected chi connectivity index (χ4v) is 0.422. The lowest BCUT2D eigenvalue weighted by molar-refractivity contribution is -0.139. The quantitative estimate of drug-likeness (QED) is 0.332. The van der Waals surface area contributed by atoms with Gasteiger partial charge in [-0.25, -0.2) is 7.91 Å². The topological polar surface area (TPSA) is 64.3 Å². The maximum Gasteiger partial charge on any atom is 0.327 e. The van der Waals surface area contributed by atoms with E-state index in [9.17, 15) is 4.79 Å². The van der Waals surface area contributed by atoms with E-state index in [2.05, 4.69) is 0 Å². The molecule has 0 saturated heterocycles. The molecule has 1 unspecified atom stereocenters. The van der Waals surface area contributed by atoms with Crippen LogP contribution in [0, 0.1) is 11.5 Å². The van der Waals surface area contributed by atoms with Gasteiger partial charge in [-0.05, 0) is 6.92 Å². The SMILES string of the molecule is CC(C(=O)O)N(I)C#N. The van der Waals surface area contributed by atoms with Gasteiger partial charge in [-0.1, -0.05) is 0 Å². The van der Waals surface area contributed by atoms with Gasteiger partial charge >= 0.3 is 5.97 Å². The van der Waals surface area contributed by atoms with Crippen molar-refractivity contribution in [3.8, 4) is 6.19 Å². The van der Waals surface area contributed by atoms with Crippen molar-refractivity contribution in [3.63, 3.8) is 0 Å². The maximum atomic E-state index is 10.1. The van der Waals surface area contributed by atoms with E-state index in [1.54, 1.807) is 29.1 Å². The summed E-state index contributed by atoms with van der Waals surface area (Å²) in [6.07, 6.45) is 1.69. The summed E-state index contributed by atoms with van der Waals surface area (Å²) in [5.74, 6) is -0.994. The van der Waals surface area contributed by atoms with Gasteiger partial charge < -0.3 is 5.11 Å². The van der Waals surface area contributed by atoms with Crippen LogP contribution in [0.1, 0.15) is 6.92 Å². The molecular weight excluding hydrogens is 235 g/mol. The first kappa shape index (κ1) is 8.49. The maximum absolute atomic E-state index is 10.1. The molecule has 9 heavy (non-hydrogen) atoms. The molecule has 0 fully saturated rings. The van der Waals surface area contributed by atoms with Crippen molar-refractivity contribution >= 4 is 28.8 Å². The molecule has 0 aliphatic rings. The van der Waals surface area contributed by atoms with Crippen LogP contribution < -0.4 is 0 Å². The van der Waals surface area contributed by atoms with Crippen molar-refractivity contribution in [1.82, 2.24) is 3.11 Å². The number of aliphatic carboxylic acids is 1. The number of carboxylic acid groups (broad SMARTS) is 1. The van der Waals surface area contributed by atoms with Crippen LogP contribution in [0.25, 0.3) is 0 Å². The second-order valence-electron chi connectivity index (χ2n) is 1.43. The van der Waals surface area contributed by atoms with Gasteiger partial charge in [0.15, 0.2) is 6.19 Å². The molecule has 0 aliphatic carbocycles. The molecule has 50 valence electrons. The highest BCUT2D eigenvalue weighted by molar-refractivity contribution is 14.1. The van der Waals surface area contributed by atoms with Gasteiger partial charge in [0.1, 0.15) is 6.04 Å². The Balaban J connectivity index is 3.91. The molecule has 0 rings (SSSR count). The summed E-state index contributed by atoms with van der Waals surface area (Å²) in [6, 6.07) is -0.740. The number of carboxylic acids is 1. The summed E-state index contributed by atoms with van der Waals surface area (Å²) in [6.45, 7) is 1.44. The molecule has 0 aromatic rings.